The Morgan fingerprint density at radius 1 is 0.871 bits per heavy atom. The summed E-state index contributed by atoms with van der Waals surface area (Å²) in [6.45, 7) is 3.17. The molecule has 0 saturated carbocycles. The molecule has 0 aromatic rings. The summed E-state index contributed by atoms with van der Waals surface area (Å²) < 4.78 is 0. The third-order valence-corrected chi connectivity index (χ3v) is 4.51. The molecule has 13 nitrogen and oxygen atoms in total. The standard InChI is InChI=1S/C17H30N6O7S/c1-7(2)13(16(28)21-9(17(29)30)3-4-11(19)24)23-15(27)10(5-12(20)25)22-14(26)8(18)6-31/h7-10,13,31H,3-6,18H2,1-2H3,(H2,19,24)(H2,20,25)(H,21,28)(H,22,26)(H,23,27)(H,29,30). The van der Waals surface area contributed by atoms with Gasteiger partial charge in [-0.05, 0) is 12.3 Å². The number of thiol groups is 1. The fourth-order valence-corrected chi connectivity index (χ4v) is 2.53. The van der Waals surface area contributed by atoms with Crippen LogP contribution in [0.3, 0.4) is 0 Å². The van der Waals surface area contributed by atoms with Crippen molar-refractivity contribution >= 4 is 48.1 Å². The third kappa shape index (κ3) is 10.6. The van der Waals surface area contributed by atoms with Gasteiger partial charge in [-0.25, -0.2) is 4.79 Å². The number of aliphatic carboxylic acids is 1. The SMILES string of the molecule is CC(C)C(NC(=O)C(CC(N)=O)NC(=O)C(N)CS)C(=O)NC(CCC(N)=O)C(=O)O. The number of amides is 5. The zero-order chi connectivity index (χ0) is 24.3. The van der Waals surface area contributed by atoms with Crippen molar-refractivity contribution < 1.29 is 33.9 Å². The Morgan fingerprint density at radius 2 is 1.42 bits per heavy atom. The first-order valence-corrected chi connectivity index (χ1v) is 10.00. The molecular formula is C17H30N6O7S. The predicted molar refractivity (Wildman–Crippen MR) is 112 cm³/mol. The molecule has 0 heterocycles. The smallest absolute Gasteiger partial charge is 0.326 e. The van der Waals surface area contributed by atoms with Gasteiger partial charge in [-0.15, -0.1) is 0 Å². The van der Waals surface area contributed by atoms with E-state index in [4.69, 9.17) is 17.2 Å². The van der Waals surface area contributed by atoms with Gasteiger partial charge in [-0.1, -0.05) is 13.8 Å². The minimum absolute atomic E-state index is 0.0182. The molecular weight excluding hydrogens is 432 g/mol. The molecule has 31 heavy (non-hydrogen) atoms. The van der Waals surface area contributed by atoms with Crippen LogP contribution >= 0.6 is 12.6 Å². The summed E-state index contributed by atoms with van der Waals surface area (Å²) in [5.74, 6) is -6.01. The maximum Gasteiger partial charge on any atom is 0.326 e. The van der Waals surface area contributed by atoms with Crippen molar-refractivity contribution in [3.63, 3.8) is 0 Å². The Morgan fingerprint density at radius 3 is 1.84 bits per heavy atom. The topological polar surface area (TPSA) is 237 Å². The predicted octanol–water partition coefficient (Wildman–Crippen LogP) is -3.42. The Labute approximate surface area is 184 Å². The van der Waals surface area contributed by atoms with Gasteiger partial charge in [-0.3, -0.25) is 24.0 Å². The number of rotatable bonds is 14. The number of carbonyl (C=O) groups excluding carboxylic acids is 5. The summed E-state index contributed by atoms with van der Waals surface area (Å²) >= 11 is 3.88. The number of carboxylic acids is 1. The molecule has 0 spiro atoms. The van der Waals surface area contributed by atoms with Gasteiger partial charge in [0, 0.05) is 12.2 Å². The van der Waals surface area contributed by atoms with Crippen molar-refractivity contribution in [3.8, 4) is 0 Å². The molecule has 0 aliphatic rings. The largest absolute Gasteiger partial charge is 0.480 e. The van der Waals surface area contributed by atoms with Gasteiger partial charge in [0.2, 0.25) is 29.5 Å². The Kier molecular flexibility index (Phi) is 12.2. The van der Waals surface area contributed by atoms with Crippen LogP contribution in [-0.2, 0) is 28.8 Å². The molecule has 14 heteroatoms. The third-order valence-electron chi connectivity index (χ3n) is 4.11. The fourth-order valence-electron chi connectivity index (χ4n) is 2.37. The molecule has 4 atom stereocenters. The van der Waals surface area contributed by atoms with Crippen LogP contribution in [0.5, 0.6) is 0 Å². The highest BCUT2D eigenvalue weighted by Gasteiger charge is 2.32. The van der Waals surface area contributed by atoms with Crippen molar-refractivity contribution in [2.24, 2.45) is 23.1 Å². The minimum Gasteiger partial charge on any atom is -0.480 e. The summed E-state index contributed by atoms with van der Waals surface area (Å²) in [7, 11) is 0. The first kappa shape index (κ1) is 28.1. The Hall–Kier alpha value is -2.87. The van der Waals surface area contributed by atoms with E-state index in [9.17, 15) is 33.9 Å². The second-order valence-corrected chi connectivity index (χ2v) is 7.52. The van der Waals surface area contributed by atoms with E-state index in [1.165, 1.54) is 0 Å². The van der Waals surface area contributed by atoms with E-state index < -0.39 is 72.0 Å². The maximum atomic E-state index is 12.6. The lowest BCUT2D eigenvalue weighted by atomic mass is 10.0. The lowest BCUT2D eigenvalue weighted by Gasteiger charge is -2.26. The Balaban J connectivity index is 5.40. The van der Waals surface area contributed by atoms with Crippen LogP contribution in [0.4, 0.5) is 0 Å². The van der Waals surface area contributed by atoms with Crippen molar-refractivity contribution in [3.05, 3.63) is 0 Å². The van der Waals surface area contributed by atoms with Crippen LogP contribution in [0.25, 0.3) is 0 Å². The molecule has 0 bridgehead atoms. The zero-order valence-electron chi connectivity index (χ0n) is 17.3. The fraction of sp³-hybridized carbons (Fsp3) is 0.647. The van der Waals surface area contributed by atoms with Gasteiger partial charge in [0.05, 0.1) is 12.5 Å². The monoisotopic (exact) mass is 462 g/mol. The minimum atomic E-state index is -1.41. The molecule has 0 aromatic heterocycles. The van der Waals surface area contributed by atoms with Gasteiger partial charge in [0.15, 0.2) is 0 Å². The van der Waals surface area contributed by atoms with E-state index in [1.54, 1.807) is 13.8 Å². The molecule has 5 amide bonds. The molecule has 0 radical (unpaired) electrons. The van der Waals surface area contributed by atoms with E-state index in [0.717, 1.165) is 0 Å². The molecule has 0 rings (SSSR count). The highest BCUT2D eigenvalue weighted by atomic mass is 32.1. The summed E-state index contributed by atoms with van der Waals surface area (Å²) in [6.07, 6.45) is -1.06. The lowest BCUT2D eigenvalue weighted by Crippen LogP contribution is -2.59. The molecule has 0 fully saturated rings. The van der Waals surface area contributed by atoms with E-state index in [2.05, 4.69) is 28.6 Å². The number of primary amides is 2. The summed E-state index contributed by atoms with van der Waals surface area (Å²) in [4.78, 5) is 70.7. The van der Waals surface area contributed by atoms with Gasteiger partial charge >= 0.3 is 5.97 Å². The highest BCUT2D eigenvalue weighted by Crippen LogP contribution is 2.06. The van der Waals surface area contributed by atoms with Gasteiger partial charge < -0.3 is 38.3 Å². The molecule has 176 valence electrons. The quantitative estimate of drug-likeness (QED) is 0.121. The van der Waals surface area contributed by atoms with Crippen LogP contribution in [0.2, 0.25) is 0 Å². The number of hydrogen-bond acceptors (Lipinski definition) is 8. The summed E-state index contributed by atoms with van der Waals surface area (Å²) in [6, 6.07) is -5.08. The number of carbonyl (C=O) groups is 6. The van der Waals surface area contributed by atoms with Crippen LogP contribution in [0.15, 0.2) is 0 Å². The summed E-state index contributed by atoms with van der Waals surface area (Å²) in [5.41, 5.74) is 15.7. The molecule has 0 aromatic carbocycles. The number of nitrogens with one attached hydrogen (secondary N) is 3. The van der Waals surface area contributed by atoms with Crippen molar-refractivity contribution in [1.29, 1.82) is 0 Å². The zero-order valence-corrected chi connectivity index (χ0v) is 18.2. The molecule has 0 saturated heterocycles. The second kappa shape index (κ2) is 13.4. The first-order valence-electron chi connectivity index (χ1n) is 9.37. The number of nitrogens with two attached hydrogens (primary N) is 3. The van der Waals surface area contributed by atoms with E-state index >= 15 is 0 Å². The van der Waals surface area contributed by atoms with Crippen molar-refractivity contribution in [1.82, 2.24) is 16.0 Å². The number of carboxylic acid groups (broad SMARTS) is 1. The van der Waals surface area contributed by atoms with Crippen molar-refractivity contribution in [2.45, 2.75) is 57.3 Å². The van der Waals surface area contributed by atoms with Crippen LogP contribution in [0, 0.1) is 5.92 Å². The normalized spacial score (nSPS) is 14.6. The highest BCUT2D eigenvalue weighted by molar-refractivity contribution is 7.80. The second-order valence-electron chi connectivity index (χ2n) is 7.16. The average molecular weight is 463 g/mol. The van der Waals surface area contributed by atoms with Crippen LogP contribution in [-0.4, -0.2) is 70.5 Å². The first-order chi connectivity index (χ1) is 14.3. The molecule has 0 aliphatic heterocycles. The van der Waals surface area contributed by atoms with E-state index in [0.29, 0.717) is 0 Å². The Bertz CT molecular complexity index is 702. The molecule has 0 aliphatic carbocycles. The van der Waals surface area contributed by atoms with Crippen LogP contribution in [0.1, 0.15) is 33.1 Å². The van der Waals surface area contributed by atoms with Crippen LogP contribution < -0.4 is 33.2 Å². The summed E-state index contributed by atoms with van der Waals surface area (Å²) in [5, 5.41) is 16.1. The average Bonchev–Trinajstić information content (AvgIpc) is 2.66. The number of hydrogen-bond donors (Lipinski definition) is 8. The van der Waals surface area contributed by atoms with Crippen molar-refractivity contribution in [2.75, 3.05) is 5.75 Å². The van der Waals surface area contributed by atoms with Gasteiger partial charge in [0.25, 0.3) is 0 Å². The van der Waals surface area contributed by atoms with Gasteiger partial charge in [0.1, 0.15) is 18.1 Å². The molecule has 10 N–H and O–H groups in total. The molecule has 4 unspecified atom stereocenters. The van der Waals surface area contributed by atoms with Gasteiger partial charge in [-0.2, -0.15) is 12.6 Å². The van der Waals surface area contributed by atoms with E-state index in [1.807, 2.05) is 0 Å². The van der Waals surface area contributed by atoms with E-state index in [-0.39, 0.29) is 18.6 Å². The maximum absolute atomic E-state index is 12.6. The lowest BCUT2D eigenvalue weighted by molar-refractivity contribution is -0.143.